The normalized spacial score (nSPS) is 23.9. The molecule has 1 unspecified atom stereocenters. The highest BCUT2D eigenvalue weighted by atomic mass is 16.7. The maximum Gasteiger partial charge on any atom is 0.143 e. The summed E-state index contributed by atoms with van der Waals surface area (Å²) in [6, 6.07) is -0.0255. The second kappa shape index (κ2) is 2.57. The first-order valence-corrected chi connectivity index (χ1v) is 2.80. The van der Waals surface area contributed by atoms with Gasteiger partial charge in [-0.2, -0.15) is 0 Å². The Labute approximate surface area is 52.9 Å². The number of rotatable bonds is 2. The summed E-state index contributed by atoms with van der Waals surface area (Å²) in [5.41, 5.74) is 0. The predicted octanol–water partition coefficient (Wildman–Crippen LogP) is 0.731. The summed E-state index contributed by atoms with van der Waals surface area (Å²) in [6.45, 7) is 1.99. The number of carbonyl (C=O) groups is 1. The van der Waals surface area contributed by atoms with Gasteiger partial charge in [-0.15, -0.1) is 5.11 Å². The summed E-state index contributed by atoms with van der Waals surface area (Å²) in [5, 5.41) is 6.95. The van der Waals surface area contributed by atoms with Crippen LogP contribution in [0.2, 0.25) is 0 Å². The summed E-state index contributed by atoms with van der Waals surface area (Å²) in [6.07, 6.45) is 0.448. The van der Waals surface area contributed by atoms with Crippen molar-refractivity contribution in [3.8, 4) is 0 Å². The molecule has 50 valence electrons. The second-order valence-corrected chi connectivity index (χ2v) is 2.05. The van der Waals surface area contributed by atoms with E-state index in [-0.39, 0.29) is 11.8 Å². The number of ketones is 1. The van der Waals surface area contributed by atoms with E-state index in [1.807, 2.05) is 0 Å². The van der Waals surface area contributed by atoms with Crippen molar-refractivity contribution < 1.29 is 9.63 Å². The molecule has 0 aliphatic carbocycles. The van der Waals surface area contributed by atoms with Crippen LogP contribution in [0, 0.1) is 0 Å². The zero-order valence-electron chi connectivity index (χ0n) is 5.20. The fourth-order valence-electron chi connectivity index (χ4n) is 0.684. The number of hydrogen-bond donors (Lipinski definition) is 0. The van der Waals surface area contributed by atoms with E-state index >= 15 is 0 Å². The molecule has 1 aliphatic rings. The Morgan fingerprint density at radius 1 is 1.89 bits per heavy atom. The van der Waals surface area contributed by atoms with Crippen molar-refractivity contribution in [2.45, 2.75) is 19.4 Å². The van der Waals surface area contributed by atoms with E-state index in [2.05, 4.69) is 15.2 Å². The van der Waals surface area contributed by atoms with Gasteiger partial charge >= 0.3 is 0 Å². The Morgan fingerprint density at radius 2 is 2.67 bits per heavy atom. The van der Waals surface area contributed by atoms with E-state index < -0.39 is 0 Å². The van der Waals surface area contributed by atoms with Crippen molar-refractivity contribution in [2.24, 2.45) is 10.4 Å². The third-order valence-electron chi connectivity index (χ3n) is 1.06. The van der Waals surface area contributed by atoms with Gasteiger partial charge in [-0.1, -0.05) is 0 Å². The van der Waals surface area contributed by atoms with Crippen LogP contribution in [-0.4, -0.2) is 18.4 Å². The molecular weight excluding hydrogens is 120 g/mol. The van der Waals surface area contributed by atoms with Gasteiger partial charge < -0.3 is 4.84 Å². The highest BCUT2D eigenvalue weighted by Gasteiger charge is 2.14. The van der Waals surface area contributed by atoms with Crippen LogP contribution in [0.15, 0.2) is 10.4 Å². The molecule has 0 bridgehead atoms. The molecule has 4 nitrogen and oxygen atoms in total. The number of carbonyl (C=O) groups excluding carboxylic acids is 1. The largest absolute Gasteiger partial charge is 0.377 e. The molecule has 1 rings (SSSR count). The highest BCUT2D eigenvalue weighted by Crippen LogP contribution is 2.07. The van der Waals surface area contributed by atoms with E-state index in [0.717, 1.165) is 0 Å². The first-order chi connectivity index (χ1) is 4.29. The van der Waals surface area contributed by atoms with Crippen molar-refractivity contribution in [3.05, 3.63) is 0 Å². The predicted molar refractivity (Wildman–Crippen MR) is 29.9 cm³/mol. The van der Waals surface area contributed by atoms with Gasteiger partial charge in [-0.3, -0.25) is 4.79 Å². The van der Waals surface area contributed by atoms with E-state index in [1.165, 1.54) is 6.92 Å². The lowest BCUT2D eigenvalue weighted by molar-refractivity contribution is -0.117. The molecule has 0 aromatic rings. The molecule has 4 heteroatoms. The maximum absolute atomic E-state index is 10.4. The number of Topliss-reactive ketones (excluding diaryl/α,β-unsaturated/α-hetero) is 1. The van der Waals surface area contributed by atoms with Crippen molar-refractivity contribution in [1.82, 2.24) is 0 Å². The number of nitrogens with zero attached hydrogens (tertiary/aromatic N) is 2. The van der Waals surface area contributed by atoms with Crippen LogP contribution in [0.3, 0.4) is 0 Å². The summed E-state index contributed by atoms with van der Waals surface area (Å²) >= 11 is 0. The molecule has 0 N–H and O–H groups in total. The van der Waals surface area contributed by atoms with Crippen LogP contribution in [0.4, 0.5) is 0 Å². The van der Waals surface area contributed by atoms with E-state index in [0.29, 0.717) is 13.0 Å². The zero-order valence-corrected chi connectivity index (χ0v) is 5.20. The van der Waals surface area contributed by atoms with E-state index in [1.54, 1.807) is 0 Å². The van der Waals surface area contributed by atoms with Crippen molar-refractivity contribution in [1.29, 1.82) is 0 Å². The Balaban J connectivity index is 2.28. The van der Waals surface area contributed by atoms with Gasteiger partial charge in [0, 0.05) is 11.7 Å². The minimum Gasteiger partial charge on any atom is -0.377 e. The van der Waals surface area contributed by atoms with Gasteiger partial charge in [0.1, 0.15) is 18.4 Å². The van der Waals surface area contributed by atoms with Gasteiger partial charge in [-0.25, -0.2) is 0 Å². The fraction of sp³-hybridized carbons (Fsp3) is 0.800. The smallest absolute Gasteiger partial charge is 0.143 e. The van der Waals surface area contributed by atoms with Crippen LogP contribution in [-0.2, 0) is 9.63 Å². The van der Waals surface area contributed by atoms with Crippen LogP contribution < -0.4 is 0 Å². The second-order valence-electron chi connectivity index (χ2n) is 2.05. The minimum atomic E-state index is -0.0255. The monoisotopic (exact) mass is 128 g/mol. The molecule has 0 aromatic heterocycles. The maximum atomic E-state index is 10.4. The van der Waals surface area contributed by atoms with Crippen molar-refractivity contribution in [2.75, 3.05) is 6.61 Å². The fourth-order valence-corrected chi connectivity index (χ4v) is 0.684. The summed E-state index contributed by atoms with van der Waals surface area (Å²) in [4.78, 5) is 15.0. The molecule has 0 saturated heterocycles. The summed E-state index contributed by atoms with van der Waals surface area (Å²) in [7, 11) is 0. The standard InChI is InChI=1S/C5H8N2O2/c1-4(8)2-5-3-9-7-6-5/h5H,2-3H2,1H3. The Kier molecular flexibility index (Phi) is 1.77. The molecule has 0 amide bonds. The molecule has 0 spiro atoms. The van der Waals surface area contributed by atoms with Gasteiger partial charge in [0.05, 0.1) is 0 Å². The van der Waals surface area contributed by atoms with E-state index in [9.17, 15) is 4.79 Å². The molecule has 0 aromatic carbocycles. The number of hydrogen-bond acceptors (Lipinski definition) is 4. The van der Waals surface area contributed by atoms with Gasteiger partial charge in [0.25, 0.3) is 0 Å². The van der Waals surface area contributed by atoms with Gasteiger partial charge in [-0.05, 0) is 6.92 Å². The quantitative estimate of drug-likeness (QED) is 0.550. The SMILES string of the molecule is CC(=O)CC1CON=N1. The average Bonchev–Trinajstić information content (AvgIpc) is 2.15. The van der Waals surface area contributed by atoms with Crippen molar-refractivity contribution in [3.63, 3.8) is 0 Å². The highest BCUT2D eigenvalue weighted by molar-refractivity contribution is 5.76. The molecule has 1 aliphatic heterocycles. The van der Waals surface area contributed by atoms with Crippen molar-refractivity contribution >= 4 is 5.78 Å². The summed E-state index contributed by atoms with van der Waals surface area (Å²) < 4.78 is 0. The molecule has 0 radical (unpaired) electrons. The Bertz CT molecular complexity index is 144. The molecule has 0 fully saturated rings. The molecule has 1 heterocycles. The first kappa shape index (κ1) is 6.19. The van der Waals surface area contributed by atoms with Gasteiger partial charge in [0.15, 0.2) is 0 Å². The molecule has 9 heavy (non-hydrogen) atoms. The lowest BCUT2D eigenvalue weighted by Crippen LogP contribution is -2.10. The third-order valence-corrected chi connectivity index (χ3v) is 1.06. The molecule has 1 atom stereocenters. The lowest BCUT2D eigenvalue weighted by atomic mass is 10.2. The lowest BCUT2D eigenvalue weighted by Gasteiger charge is -1.95. The Morgan fingerprint density at radius 3 is 3.11 bits per heavy atom. The van der Waals surface area contributed by atoms with Crippen LogP contribution >= 0.6 is 0 Å². The van der Waals surface area contributed by atoms with Gasteiger partial charge in [0.2, 0.25) is 0 Å². The third kappa shape index (κ3) is 1.79. The zero-order chi connectivity index (χ0) is 6.69. The van der Waals surface area contributed by atoms with Crippen LogP contribution in [0.5, 0.6) is 0 Å². The molecular formula is C5H8N2O2. The first-order valence-electron chi connectivity index (χ1n) is 2.80. The van der Waals surface area contributed by atoms with Crippen LogP contribution in [0.1, 0.15) is 13.3 Å². The topological polar surface area (TPSA) is 51.0 Å². The van der Waals surface area contributed by atoms with Crippen LogP contribution in [0.25, 0.3) is 0 Å². The van der Waals surface area contributed by atoms with E-state index in [4.69, 9.17) is 0 Å². The summed E-state index contributed by atoms with van der Waals surface area (Å²) in [5.74, 6) is 0.129. The minimum absolute atomic E-state index is 0.0255. The molecule has 0 saturated carbocycles. The average molecular weight is 128 g/mol. The Hall–Kier alpha value is -0.930.